The van der Waals surface area contributed by atoms with Gasteiger partial charge in [-0.2, -0.15) is 0 Å². The van der Waals surface area contributed by atoms with Crippen LogP contribution in [0.25, 0.3) is 22.1 Å². The second-order valence-corrected chi connectivity index (χ2v) is 7.42. The third kappa shape index (κ3) is 4.70. The number of carbonyl (C=O) groups excluding carboxylic acids is 1. The summed E-state index contributed by atoms with van der Waals surface area (Å²) in [4.78, 5) is 25.2. The number of fused-ring (bicyclic) bond motifs is 1. The highest BCUT2D eigenvalue weighted by molar-refractivity contribution is 7.80. The predicted molar refractivity (Wildman–Crippen MR) is 131 cm³/mol. The molecule has 3 aromatic carbocycles. The van der Waals surface area contributed by atoms with Crippen molar-refractivity contribution in [2.24, 2.45) is 0 Å². The lowest BCUT2D eigenvalue weighted by Gasteiger charge is -2.15. The Balaban J connectivity index is 1.61. The van der Waals surface area contributed by atoms with Crippen LogP contribution in [-0.2, 0) is 0 Å². The second-order valence-electron chi connectivity index (χ2n) is 7.01. The van der Waals surface area contributed by atoms with E-state index in [0.717, 1.165) is 5.39 Å². The lowest BCUT2D eigenvalue weighted by atomic mass is 10.0. The summed E-state index contributed by atoms with van der Waals surface area (Å²) in [5.74, 6) is 0.494. The van der Waals surface area contributed by atoms with E-state index in [4.69, 9.17) is 26.1 Å². The van der Waals surface area contributed by atoms with E-state index in [0.29, 0.717) is 39.5 Å². The van der Waals surface area contributed by atoms with Gasteiger partial charge in [0.15, 0.2) is 5.11 Å². The Hall–Kier alpha value is -4.17. The second kappa shape index (κ2) is 9.54. The smallest absolute Gasteiger partial charge is 0.344 e. The minimum Gasteiger partial charge on any atom is -0.496 e. The van der Waals surface area contributed by atoms with E-state index in [1.807, 2.05) is 12.1 Å². The maximum atomic E-state index is 12.6. The normalized spacial score (nSPS) is 10.5. The van der Waals surface area contributed by atoms with Crippen molar-refractivity contribution in [2.45, 2.75) is 0 Å². The van der Waals surface area contributed by atoms with Crippen LogP contribution in [0.5, 0.6) is 11.5 Å². The van der Waals surface area contributed by atoms with Crippen molar-refractivity contribution in [2.75, 3.05) is 19.5 Å². The number of thiocarbonyl (C=S) groups is 1. The van der Waals surface area contributed by atoms with E-state index in [1.54, 1.807) is 60.7 Å². The molecular weight excluding hydrogens is 440 g/mol. The van der Waals surface area contributed by atoms with E-state index >= 15 is 0 Å². The molecule has 0 radical (unpaired) electrons. The zero-order valence-electron chi connectivity index (χ0n) is 17.9. The van der Waals surface area contributed by atoms with Crippen molar-refractivity contribution < 1.29 is 18.7 Å². The van der Waals surface area contributed by atoms with Gasteiger partial charge in [-0.3, -0.25) is 10.1 Å². The highest BCUT2D eigenvalue weighted by Gasteiger charge is 2.15. The van der Waals surface area contributed by atoms with E-state index < -0.39 is 11.5 Å². The van der Waals surface area contributed by atoms with Crippen molar-refractivity contribution in [3.63, 3.8) is 0 Å². The van der Waals surface area contributed by atoms with Crippen LogP contribution in [0.3, 0.4) is 0 Å². The van der Waals surface area contributed by atoms with Crippen molar-refractivity contribution in [3.05, 3.63) is 88.8 Å². The van der Waals surface area contributed by atoms with Crippen LogP contribution in [0.15, 0.2) is 82.0 Å². The molecule has 8 heteroatoms. The van der Waals surface area contributed by atoms with Gasteiger partial charge in [0.1, 0.15) is 17.1 Å². The molecule has 2 N–H and O–H groups in total. The quantitative estimate of drug-likeness (QED) is 0.332. The average Bonchev–Trinajstić information content (AvgIpc) is 2.83. The minimum absolute atomic E-state index is 0.0619. The first kappa shape index (κ1) is 22.0. The lowest BCUT2D eigenvalue weighted by molar-refractivity contribution is 0.0974. The van der Waals surface area contributed by atoms with Crippen LogP contribution in [-0.4, -0.2) is 25.2 Å². The zero-order chi connectivity index (χ0) is 23.4. The first-order chi connectivity index (χ1) is 16.0. The van der Waals surface area contributed by atoms with Crippen LogP contribution in [0.2, 0.25) is 0 Å². The summed E-state index contributed by atoms with van der Waals surface area (Å²) in [7, 11) is 3.00. The number of nitrogens with one attached hydrogen (secondary N) is 2. The van der Waals surface area contributed by atoms with Gasteiger partial charge in [0, 0.05) is 5.39 Å². The van der Waals surface area contributed by atoms with Gasteiger partial charge in [-0.15, -0.1) is 0 Å². The summed E-state index contributed by atoms with van der Waals surface area (Å²) >= 11 is 5.33. The topological polar surface area (TPSA) is 89.8 Å². The maximum Gasteiger partial charge on any atom is 0.344 e. The number of para-hydroxylation sites is 2. The first-order valence-corrected chi connectivity index (χ1v) is 10.4. The number of methoxy groups -OCH3 is 2. The monoisotopic (exact) mass is 460 g/mol. The molecule has 0 aliphatic carbocycles. The summed E-state index contributed by atoms with van der Waals surface area (Å²) in [5.41, 5.74) is 1.88. The molecule has 0 fully saturated rings. The van der Waals surface area contributed by atoms with Crippen LogP contribution in [0.1, 0.15) is 10.4 Å². The van der Waals surface area contributed by atoms with Gasteiger partial charge in [-0.25, -0.2) is 4.79 Å². The number of hydrogen-bond acceptors (Lipinski definition) is 6. The van der Waals surface area contributed by atoms with Gasteiger partial charge in [0.2, 0.25) is 0 Å². The standard InChI is InChI=1S/C25H20N2O5S/c1-30-21-10-6-4-8-17(21)23(28)27-25(33)26-19-14-15(11-12-22(19)31-2)18-13-16-7-3-5-9-20(16)32-24(18)29/h3-14H,1-2H3,(H2,26,27,28,33). The summed E-state index contributed by atoms with van der Waals surface area (Å²) in [6, 6.07) is 21.0. The molecule has 0 spiro atoms. The average molecular weight is 461 g/mol. The Morgan fingerprint density at radius 3 is 2.42 bits per heavy atom. The highest BCUT2D eigenvalue weighted by atomic mass is 32.1. The molecule has 1 heterocycles. The molecule has 0 saturated heterocycles. The highest BCUT2D eigenvalue weighted by Crippen LogP contribution is 2.30. The van der Waals surface area contributed by atoms with Gasteiger partial charge in [-0.05, 0) is 54.2 Å². The Bertz CT molecular complexity index is 1410. The third-order valence-corrected chi connectivity index (χ3v) is 5.18. The van der Waals surface area contributed by atoms with Crippen LogP contribution in [0.4, 0.5) is 5.69 Å². The lowest BCUT2D eigenvalue weighted by Crippen LogP contribution is -2.34. The van der Waals surface area contributed by atoms with E-state index in [2.05, 4.69) is 10.6 Å². The van der Waals surface area contributed by atoms with Gasteiger partial charge in [0.05, 0.1) is 31.0 Å². The fraction of sp³-hybridized carbons (Fsp3) is 0.0800. The first-order valence-electron chi connectivity index (χ1n) is 9.97. The molecule has 4 rings (SSSR count). The molecule has 0 aliphatic rings. The largest absolute Gasteiger partial charge is 0.496 e. The minimum atomic E-state index is -0.461. The number of rotatable bonds is 5. The third-order valence-electron chi connectivity index (χ3n) is 4.98. The van der Waals surface area contributed by atoms with Crippen LogP contribution < -0.4 is 25.7 Å². The molecule has 0 aliphatic heterocycles. The molecular formula is C25H20N2O5S. The van der Waals surface area contributed by atoms with Crippen LogP contribution >= 0.6 is 12.2 Å². The number of benzene rings is 3. The molecule has 33 heavy (non-hydrogen) atoms. The molecule has 0 saturated carbocycles. The summed E-state index contributed by atoms with van der Waals surface area (Å²) in [5, 5.41) is 6.46. The Kier molecular flexibility index (Phi) is 6.37. The van der Waals surface area contributed by atoms with Gasteiger partial charge in [0.25, 0.3) is 5.91 Å². The molecule has 1 amide bonds. The molecule has 0 bridgehead atoms. The number of ether oxygens (including phenoxy) is 2. The number of anilines is 1. The molecule has 7 nitrogen and oxygen atoms in total. The number of hydrogen-bond donors (Lipinski definition) is 2. The molecule has 0 unspecified atom stereocenters. The fourth-order valence-corrected chi connectivity index (χ4v) is 3.60. The molecule has 4 aromatic rings. The van der Waals surface area contributed by atoms with E-state index in [-0.39, 0.29) is 5.11 Å². The molecule has 0 atom stereocenters. The molecule has 166 valence electrons. The van der Waals surface area contributed by atoms with Crippen molar-refractivity contribution in [1.29, 1.82) is 0 Å². The SMILES string of the molecule is COc1ccc(-c2cc3ccccc3oc2=O)cc1NC(=S)NC(=O)c1ccccc1OC. The van der Waals surface area contributed by atoms with Crippen LogP contribution in [0, 0.1) is 0 Å². The summed E-state index contributed by atoms with van der Waals surface area (Å²) in [6.07, 6.45) is 0. The summed E-state index contributed by atoms with van der Waals surface area (Å²) < 4.78 is 16.1. The number of carbonyl (C=O) groups is 1. The number of amides is 1. The summed E-state index contributed by atoms with van der Waals surface area (Å²) in [6.45, 7) is 0. The maximum absolute atomic E-state index is 12.6. The van der Waals surface area contributed by atoms with E-state index in [1.165, 1.54) is 14.2 Å². The van der Waals surface area contributed by atoms with E-state index in [9.17, 15) is 9.59 Å². The Labute approximate surface area is 195 Å². The molecule has 1 aromatic heterocycles. The van der Waals surface area contributed by atoms with Gasteiger partial charge < -0.3 is 19.2 Å². The van der Waals surface area contributed by atoms with Crippen molar-refractivity contribution in [1.82, 2.24) is 5.32 Å². The predicted octanol–water partition coefficient (Wildman–Crippen LogP) is 4.60. The van der Waals surface area contributed by atoms with Crippen molar-refractivity contribution in [3.8, 4) is 22.6 Å². The Morgan fingerprint density at radius 2 is 1.64 bits per heavy atom. The Morgan fingerprint density at radius 1 is 0.909 bits per heavy atom. The van der Waals surface area contributed by atoms with Gasteiger partial charge >= 0.3 is 5.63 Å². The van der Waals surface area contributed by atoms with Gasteiger partial charge in [-0.1, -0.05) is 36.4 Å². The zero-order valence-corrected chi connectivity index (χ0v) is 18.7. The fourth-order valence-electron chi connectivity index (χ4n) is 3.39. The van der Waals surface area contributed by atoms with Crippen molar-refractivity contribution >= 4 is 39.9 Å².